The smallest absolute Gasteiger partial charge is 0.227 e. The van der Waals surface area contributed by atoms with Crippen molar-refractivity contribution < 1.29 is 0 Å². The van der Waals surface area contributed by atoms with E-state index in [4.69, 9.17) is 15.7 Å². The number of nitrogens with two attached hydrogens (primary N) is 1. The molecular weight excluding hydrogens is 348 g/mol. The Labute approximate surface area is 169 Å². The molecule has 2 aliphatic carbocycles. The lowest BCUT2D eigenvalue weighted by Crippen LogP contribution is -2.51. The summed E-state index contributed by atoms with van der Waals surface area (Å²) in [6.45, 7) is 6.74. The van der Waals surface area contributed by atoms with Gasteiger partial charge in [0.15, 0.2) is 0 Å². The molecule has 4 aliphatic rings. The number of hydrogen-bond donors (Lipinski definition) is 1. The second kappa shape index (κ2) is 8.15. The predicted octanol–water partition coefficient (Wildman–Crippen LogP) is 2.74. The van der Waals surface area contributed by atoms with Crippen LogP contribution in [0.15, 0.2) is 6.07 Å². The third-order valence-corrected chi connectivity index (χ3v) is 7.43. The van der Waals surface area contributed by atoms with Gasteiger partial charge < -0.3 is 15.5 Å². The molecule has 1 aromatic heterocycles. The van der Waals surface area contributed by atoms with E-state index in [-0.39, 0.29) is 0 Å². The largest absolute Gasteiger partial charge is 0.354 e. The number of aromatic nitrogens is 2. The van der Waals surface area contributed by atoms with Gasteiger partial charge in [-0.05, 0) is 38.5 Å². The van der Waals surface area contributed by atoms with Crippen LogP contribution in [0.1, 0.15) is 69.4 Å². The highest BCUT2D eigenvalue weighted by molar-refractivity contribution is 5.48. The molecular formula is C22H36N6. The van der Waals surface area contributed by atoms with E-state index in [0.717, 1.165) is 56.8 Å². The second-order valence-corrected chi connectivity index (χ2v) is 9.39. The van der Waals surface area contributed by atoms with E-state index >= 15 is 0 Å². The van der Waals surface area contributed by atoms with Crippen molar-refractivity contribution in [2.24, 2.45) is 5.73 Å². The third kappa shape index (κ3) is 3.86. The van der Waals surface area contributed by atoms with E-state index in [0.29, 0.717) is 12.0 Å². The number of piperazine rings is 1. The summed E-state index contributed by atoms with van der Waals surface area (Å²) >= 11 is 0. The Morgan fingerprint density at radius 2 is 1.50 bits per heavy atom. The summed E-state index contributed by atoms with van der Waals surface area (Å²) in [7, 11) is 0. The molecule has 1 aromatic rings. The Balaban J connectivity index is 1.31. The zero-order valence-electron chi connectivity index (χ0n) is 17.2. The maximum Gasteiger partial charge on any atom is 0.227 e. The van der Waals surface area contributed by atoms with E-state index in [1.54, 1.807) is 0 Å². The van der Waals surface area contributed by atoms with Gasteiger partial charge in [0.05, 0.1) is 5.69 Å². The van der Waals surface area contributed by atoms with Crippen LogP contribution in [0.25, 0.3) is 0 Å². The van der Waals surface area contributed by atoms with Crippen LogP contribution in [0, 0.1) is 0 Å². The Hall–Kier alpha value is -1.40. The van der Waals surface area contributed by atoms with Crippen molar-refractivity contribution in [1.29, 1.82) is 0 Å². The molecule has 6 nitrogen and oxygen atoms in total. The van der Waals surface area contributed by atoms with Gasteiger partial charge in [-0.25, -0.2) is 4.98 Å². The monoisotopic (exact) mass is 384 g/mol. The zero-order valence-corrected chi connectivity index (χ0v) is 17.2. The Kier molecular flexibility index (Phi) is 5.42. The summed E-state index contributed by atoms with van der Waals surface area (Å²) in [6, 6.07) is 3.46. The molecule has 5 rings (SSSR count). The highest BCUT2D eigenvalue weighted by atomic mass is 15.3. The summed E-state index contributed by atoms with van der Waals surface area (Å²) < 4.78 is 0. The molecule has 154 valence electrons. The van der Waals surface area contributed by atoms with Crippen molar-refractivity contribution >= 4 is 11.8 Å². The van der Waals surface area contributed by atoms with Gasteiger partial charge in [-0.3, -0.25) is 4.90 Å². The van der Waals surface area contributed by atoms with Crippen molar-refractivity contribution in [3.8, 4) is 0 Å². The molecule has 3 heterocycles. The lowest BCUT2D eigenvalue weighted by molar-refractivity contribution is 0.147. The molecule has 2 saturated heterocycles. The van der Waals surface area contributed by atoms with E-state index < -0.39 is 0 Å². The maximum atomic E-state index is 6.06. The Morgan fingerprint density at radius 3 is 2.18 bits per heavy atom. The van der Waals surface area contributed by atoms with Gasteiger partial charge in [-0.2, -0.15) is 4.98 Å². The van der Waals surface area contributed by atoms with Crippen LogP contribution >= 0.6 is 0 Å². The first-order valence-corrected chi connectivity index (χ1v) is 11.6. The number of hydrogen-bond acceptors (Lipinski definition) is 6. The SMILES string of the molecule is NC1CC(c2cc(N3CCN(C4CCCCC4)CC3)nc(N3CCCC3)n2)C1. The van der Waals surface area contributed by atoms with Gasteiger partial charge in [-0.1, -0.05) is 19.3 Å². The first-order chi connectivity index (χ1) is 13.8. The van der Waals surface area contributed by atoms with Gasteiger partial charge in [0.25, 0.3) is 0 Å². The number of anilines is 2. The van der Waals surface area contributed by atoms with E-state index in [1.165, 1.54) is 63.7 Å². The van der Waals surface area contributed by atoms with Crippen molar-refractivity contribution in [2.75, 3.05) is 49.1 Å². The molecule has 0 aromatic carbocycles. The second-order valence-electron chi connectivity index (χ2n) is 9.39. The number of nitrogens with zero attached hydrogens (tertiary/aromatic N) is 5. The molecule has 0 amide bonds. The molecule has 2 saturated carbocycles. The molecule has 0 radical (unpaired) electrons. The van der Waals surface area contributed by atoms with Gasteiger partial charge in [-0.15, -0.1) is 0 Å². The van der Waals surface area contributed by atoms with Crippen molar-refractivity contribution in [1.82, 2.24) is 14.9 Å². The van der Waals surface area contributed by atoms with Gasteiger partial charge in [0.2, 0.25) is 5.95 Å². The minimum atomic E-state index is 0.359. The zero-order chi connectivity index (χ0) is 18.9. The van der Waals surface area contributed by atoms with Gasteiger partial charge in [0.1, 0.15) is 5.82 Å². The molecule has 0 atom stereocenters. The Morgan fingerprint density at radius 1 is 0.786 bits per heavy atom. The molecule has 2 N–H and O–H groups in total. The molecule has 0 spiro atoms. The number of rotatable bonds is 4. The summed E-state index contributed by atoms with van der Waals surface area (Å²) in [6.07, 6.45) is 11.7. The van der Waals surface area contributed by atoms with Crippen LogP contribution in [-0.4, -0.2) is 66.2 Å². The average molecular weight is 385 g/mol. The van der Waals surface area contributed by atoms with Crippen LogP contribution < -0.4 is 15.5 Å². The van der Waals surface area contributed by atoms with Crippen LogP contribution in [0.4, 0.5) is 11.8 Å². The summed E-state index contributed by atoms with van der Waals surface area (Å²) in [5, 5.41) is 0. The lowest BCUT2D eigenvalue weighted by Gasteiger charge is -2.41. The van der Waals surface area contributed by atoms with Gasteiger partial charge in [0, 0.05) is 63.3 Å². The van der Waals surface area contributed by atoms with Gasteiger partial charge >= 0.3 is 0 Å². The topological polar surface area (TPSA) is 61.5 Å². The minimum absolute atomic E-state index is 0.359. The molecule has 2 aliphatic heterocycles. The van der Waals surface area contributed by atoms with Crippen LogP contribution in [-0.2, 0) is 0 Å². The van der Waals surface area contributed by atoms with Crippen LogP contribution in [0.5, 0.6) is 0 Å². The molecule has 6 heteroatoms. The molecule has 4 fully saturated rings. The minimum Gasteiger partial charge on any atom is -0.354 e. The van der Waals surface area contributed by atoms with E-state index in [1.807, 2.05) is 0 Å². The lowest BCUT2D eigenvalue weighted by atomic mass is 9.78. The fourth-order valence-electron chi connectivity index (χ4n) is 5.54. The highest BCUT2D eigenvalue weighted by Gasteiger charge is 2.31. The summed E-state index contributed by atoms with van der Waals surface area (Å²) in [5.41, 5.74) is 7.29. The first kappa shape index (κ1) is 18.6. The third-order valence-electron chi connectivity index (χ3n) is 7.43. The standard InChI is InChI=1S/C22H36N6/c23-18-14-17(15-18)20-16-21(25-22(24-20)28-8-4-5-9-28)27-12-10-26(11-13-27)19-6-2-1-3-7-19/h16-19H,1-15,23H2. The Bertz CT molecular complexity index is 653. The van der Waals surface area contributed by atoms with E-state index in [2.05, 4.69) is 20.8 Å². The van der Waals surface area contributed by atoms with Crippen molar-refractivity contribution in [3.05, 3.63) is 11.8 Å². The summed E-state index contributed by atoms with van der Waals surface area (Å²) in [5.74, 6) is 2.64. The molecule has 0 unspecified atom stereocenters. The van der Waals surface area contributed by atoms with Crippen molar-refractivity contribution in [3.63, 3.8) is 0 Å². The molecule has 28 heavy (non-hydrogen) atoms. The highest BCUT2D eigenvalue weighted by Crippen LogP contribution is 2.37. The summed E-state index contributed by atoms with van der Waals surface area (Å²) in [4.78, 5) is 17.6. The predicted molar refractivity (Wildman–Crippen MR) is 114 cm³/mol. The normalized spacial score (nSPS) is 29.9. The fraction of sp³-hybridized carbons (Fsp3) is 0.818. The fourth-order valence-corrected chi connectivity index (χ4v) is 5.54. The van der Waals surface area contributed by atoms with Crippen LogP contribution in [0.3, 0.4) is 0 Å². The van der Waals surface area contributed by atoms with E-state index in [9.17, 15) is 0 Å². The quantitative estimate of drug-likeness (QED) is 0.861. The maximum absolute atomic E-state index is 6.06. The van der Waals surface area contributed by atoms with Crippen molar-refractivity contribution in [2.45, 2.75) is 75.8 Å². The van der Waals surface area contributed by atoms with Crippen LogP contribution in [0.2, 0.25) is 0 Å². The average Bonchev–Trinajstić information content (AvgIpc) is 3.27. The first-order valence-electron chi connectivity index (χ1n) is 11.6. The molecule has 0 bridgehead atoms.